The van der Waals surface area contributed by atoms with Gasteiger partial charge in [-0.25, -0.2) is 0 Å². The summed E-state index contributed by atoms with van der Waals surface area (Å²) in [6, 6.07) is 4.75. The summed E-state index contributed by atoms with van der Waals surface area (Å²) in [5, 5.41) is 0. The Labute approximate surface area is 104 Å². The van der Waals surface area contributed by atoms with Gasteiger partial charge in [0.15, 0.2) is 0 Å². The predicted octanol–water partition coefficient (Wildman–Crippen LogP) is 2.74. The van der Waals surface area contributed by atoms with Crippen LogP contribution in [0.1, 0.15) is 36.1 Å². The van der Waals surface area contributed by atoms with Crippen LogP contribution in [0.25, 0.3) is 6.08 Å². The number of hydrogen-bond donors (Lipinski definition) is 0. The van der Waals surface area contributed by atoms with Crippen molar-refractivity contribution in [3.8, 4) is 0 Å². The summed E-state index contributed by atoms with van der Waals surface area (Å²) in [5.41, 5.74) is 6.41. The third kappa shape index (κ3) is 1.82. The fourth-order valence-electron chi connectivity index (χ4n) is 2.69. The minimum absolute atomic E-state index is 0. The fraction of sp³-hybridized carbons (Fsp3) is 0.357. The van der Waals surface area contributed by atoms with E-state index in [1.165, 1.54) is 24.0 Å². The first kappa shape index (κ1) is 11.1. The SMILES string of the molecule is CC1(C)Cc2cc3c(cc2C1)C=C[CH]3.[LiH]. The van der Waals surface area contributed by atoms with E-state index in [1.54, 1.807) is 11.1 Å². The van der Waals surface area contributed by atoms with Crippen LogP contribution in [0, 0.1) is 11.8 Å². The molecule has 0 bridgehead atoms. The van der Waals surface area contributed by atoms with Crippen LogP contribution in [0.5, 0.6) is 0 Å². The van der Waals surface area contributed by atoms with Gasteiger partial charge >= 0.3 is 18.9 Å². The molecule has 3 rings (SSSR count). The molecule has 0 saturated carbocycles. The molecule has 1 aromatic carbocycles. The van der Waals surface area contributed by atoms with Crippen molar-refractivity contribution in [2.24, 2.45) is 5.41 Å². The second kappa shape index (κ2) is 3.54. The Morgan fingerprint density at radius 3 is 2.27 bits per heavy atom. The summed E-state index contributed by atoms with van der Waals surface area (Å²) in [4.78, 5) is 0. The standard InChI is InChI=1S/C14H15.Li.H/c1-14(2)8-12-6-10-4-3-5-11(10)7-13(12)9-14;;/h3-7H,8-9H2,1-2H3;;. The van der Waals surface area contributed by atoms with Gasteiger partial charge in [-0.3, -0.25) is 0 Å². The molecule has 0 N–H and O–H groups in total. The zero-order valence-electron chi connectivity index (χ0n) is 8.80. The first-order valence-corrected chi connectivity index (χ1v) is 5.31. The average molecular weight is 191 g/mol. The molecule has 0 saturated heterocycles. The van der Waals surface area contributed by atoms with Crippen molar-refractivity contribution in [1.82, 2.24) is 0 Å². The summed E-state index contributed by atoms with van der Waals surface area (Å²) in [5.74, 6) is 0. The average Bonchev–Trinajstić information content (AvgIpc) is 2.59. The van der Waals surface area contributed by atoms with Crippen molar-refractivity contribution < 1.29 is 0 Å². The molecule has 2 aliphatic rings. The van der Waals surface area contributed by atoms with Gasteiger partial charge < -0.3 is 0 Å². The topological polar surface area (TPSA) is 0 Å². The molecule has 1 radical (unpaired) electrons. The normalized spacial score (nSPS) is 19.6. The third-order valence-corrected chi connectivity index (χ3v) is 3.29. The van der Waals surface area contributed by atoms with Gasteiger partial charge in [0.1, 0.15) is 0 Å². The van der Waals surface area contributed by atoms with Crippen LogP contribution >= 0.6 is 0 Å². The van der Waals surface area contributed by atoms with Gasteiger partial charge in [0.25, 0.3) is 0 Å². The number of allylic oxidation sites excluding steroid dienone is 1. The molecule has 1 heteroatoms. The van der Waals surface area contributed by atoms with E-state index in [-0.39, 0.29) is 18.9 Å². The molecule has 0 amide bonds. The fourth-order valence-corrected chi connectivity index (χ4v) is 2.69. The van der Waals surface area contributed by atoms with Gasteiger partial charge in [-0.2, -0.15) is 0 Å². The van der Waals surface area contributed by atoms with Gasteiger partial charge in [-0.05, 0) is 40.5 Å². The van der Waals surface area contributed by atoms with Crippen molar-refractivity contribution in [2.75, 3.05) is 0 Å². The maximum absolute atomic E-state index is 2.37. The second-order valence-electron chi connectivity index (χ2n) is 5.29. The molecule has 0 aliphatic heterocycles. The Morgan fingerprint density at radius 2 is 1.60 bits per heavy atom. The molecule has 0 fully saturated rings. The van der Waals surface area contributed by atoms with E-state index in [9.17, 15) is 0 Å². The van der Waals surface area contributed by atoms with Gasteiger partial charge in [0.05, 0.1) is 0 Å². The number of rotatable bonds is 0. The molecule has 0 heterocycles. The van der Waals surface area contributed by atoms with E-state index in [1.807, 2.05) is 0 Å². The van der Waals surface area contributed by atoms with Crippen LogP contribution in [0.4, 0.5) is 0 Å². The summed E-state index contributed by atoms with van der Waals surface area (Å²) in [6.07, 6.45) is 9.04. The quantitative estimate of drug-likeness (QED) is 0.553. The van der Waals surface area contributed by atoms with Crippen LogP contribution in [0.15, 0.2) is 18.2 Å². The zero-order valence-corrected chi connectivity index (χ0v) is 8.80. The van der Waals surface area contributed by atoms with E-state index in [0.29, 0.717) is 5.41 Å². The van der Waals surface area contributed by atoms with Crippen LogP contribution in [-0.2, 0) is 12.8 Å². The van der Waals surface area contributed by atoms with Gasteiger partial charge in [-0.15, -0.1) is 0 Å². The molecule has 0 spiro atoms. The van der Waals surface area contributed by atoms with Gasteiger partial charge in [-0.1, -0.05) is 38.1 Å². The first-order valence-electron chi connectivity index (χ1n) is 5.31. The van der Waals surface area contributed by atoms with E-state index in [2.05, 4.69) is 44.6 Å². The Kier molecular flexibility index (Phi) is 2.61. The number of fused-ring (bicyclic) bond motifs is 2. The van der Waals surface area contributed by atoms with E-state index in [4.69, 9.17) is 0 Å². The molecule has 0 unspecified atom stereocenters. The van der Waals surface area contributed by atoms with Crippen molar-refractivity contribution in [2.45, 2.75) is 26.7 Å². The number of hydrogen-bond acceptors (Lipinski definition) is 0. The van der Waals surface area contributed by atoms with Gasteiger partial charge in [0, 0.05) is 6.42 Å². The van der Waals surface area contributed by atoms with Crippen LogP contribution in [0.2, 0.25) is 0 Å². The van der Waals surface area contributed by atoms with Crippen LogP contribution in [-0.4, -0.2) is 18.9 Å². The van der Waals surface area contributed by atoms with Crippen LogP contribution in [0.3, 0.4) is 0 Å². The molecule has 0 nitrogen and oxygen atoms in total. The van der Waals surface area contributed by atoms with Crippen molar-refractivity contribution in [3.63, 3.8) is 0 Å². The summed E-state index contributed by atoms with van der Waals surface area (Å²) >= 11 is 0. The Balaban J connectivity index is 0.000000853. The van der Waals surface area contributed by atoms with E-state index < -0.39 is 0 Å². The second-order valence-corrected chi connectivity index (χ2v) is 5.29. The first-order chi connectivity index (χ1) is 6.64. The van der Waals surface area contributed by atoms with Crippen molar-refractivity contribution >= 4 is 24.9 Å². The Hall–Kier alpha value is -0.443. The molecular formula is C14H16Li. The van der Waals surface area contributed by atoms with Gasteiger partial charge in [0.2, 0.25) is 0 Å². The van der Waals surface area contributed by atoms with Crippen molar-refractivity contribution in [1.29, 1.82) is 0 Å². The molecule has 0 aromatic heterocycles. The number of benzene rings is 1. The van der Waals surface area contributed by atoms with Crippen LogP contribution < -0.4 is 0 Å². The third-order valence-electron chi connectivity index (χ3n) is 3.29. The summed E-state index contributed by atoms with van der Waals surface area (Å²) in [6.45, 7) is 4.72. The Morgan fingerprint density at radius 1 is 1.00 bits per heavy atom. The van der Waals surface area contributed by atoms with E-state index in [0.717, 1.165) is 0 Å². The molecule has 15 heavy (non-hydrogen) atoms. The molecular weight excluding hydrogens is 175 g/mol. The summed E-state index contributed by atoms with van der Waals surface area (Å²) in [7, 11) is 0. The monoisotopic (exact) mass is 191 g/mol. The van der Waals surface area contributed by atoms with E-state index >= 15 is 0 Å². The zero-order chi connectivity index (χ0) is 9.76. The minimum atomic E-state index is 0. The molecule has 1 aromatic rings. The molecule has 2 aliphatic carbocycles. The van der Waals surface area contributed by atoms with Crippen molar-refractivity contribution in [3.05, 3.63) is 46.9 Å². The predicted molar refractivity (Wildman–Crippen MR) is 67.2 cm³/mol. The maximum atomic E-state index is 2.37. The summed E-state index contributed by atoms with van der Waals surface area (Å²) < 4.78 is 0. The molecule has 73 valence electrons. The molecule has 0 atom stereocenters. The Bertz CT molecular complexity index is 427.